The first-order chi connectivity index (χ1) is 8.67. The molecule has 18 heavy (non-hydrogen) atoms. The minimum Gasteiger partial charge on any atom is -0.350 e. The van der Waals surface area contributed by atoms with E-state index in [1.54, 1.807) is 12.1 Å². The molecule has 1 N–H and O–H groups in total. The first-order valence-corrected chi connectivity index (χ1v) is 6.47. The van der Waals surface area contributed by atoms with Crippen LogP contribution in [0.3, 0.4) is 0 Å². The molecule has 1 aliphatic rings. The third-order valence-electron chi connectivity index (χ3n) is 3.84. The zero-order chi connectivity index (χ0) is 13.0. The van der Waals surface area contributed by atoms with Gasteiger partial charge in [-0.2, -0.15) is 5.26 Å². The van der Waals surface area contributed by atoms with Gasteiger partial charge >= 0.3 is 0 Å². The summed E-state index contributed by atoms with van der Waals surface area (Å²) >= 11 is 0. The molecule has 0 bridgehead atoms. The molecule has 1 aromatic carbocycles. The standard InChI is InChI=1S/C15H18N2O/c1-2-15(8-3-9-15)17-14(18)10-12-4-6-13(11-16)7-5-12/h4-7H,2-3,8-10H2,1H3,(H,17,18). The van der Waals surface area contributed by atoms with Gasteiger partial charge in [-0.3, -0.25) is 4.79 Å². The average molecular weight is 242 g/mol. The molecule has 3 nitrogen and oxygen atoms in total. The molecule has 1 aliphatic carbocycles. The third-order valence-corrected chi connectivity index (χ3v) is 3.84. The van der Waals surface area contributed by atoms with Crippen molar-refractivity contribution in [3.8, 4) is 6.07 Å². The second kappa shape index (κ2) is 5.22. The van der Waals surface area contributed by atoms with Gasteiger partial charge in [-0.25, -0.2) is 0 Å². The highest BCUT2D eigenvalue weighted by atomic mass is 16.1. The van der Waals surface area contributed by atoms with Crippen LogP contribution >= 0.6 is 0 Å². The molecule has 0 aliphatic heterocycles. The maximum absolute atomic E-state index is 12.0. The van der Waals surface area contributed by atoms with E-state index in [-0.39, 0.29) is 11.4 Å². The van der Waals surface area contributed by atoms with Crippen LogP contribution < -0.4 is 5.32 Å². The lowest BCUT2D eigenvalue weighted by molar-refractivity contribution is -0.123. The molecule has 0 unspecified atom stereocenters. The molecule has 1 amide bonds. The van der Waals surface area contributed by atoms with Crippen LogP contribution in [0.5, 0.6) is 0 Å². The Morgan fingerprint density at radius 3 is 2.50 bits per heavy atom. The van der Waals surface area contributed by atoms with Crippen LogP contribution in [-0.4, -0.2) is 11.4 Å². The summed E-state index contributed by atoms with van der Waals surface area (Å²) in [4.78, 5) is 12.0. The number of nitriles is 1. The molecule has 1 saturated carbocycles. The Labute approximate surface area is 108 Å². The van der Waals surface area contributed by atoms with Crippen LogP contribution in [0.25, 0.3) is 0 Å². The fourth-order valence-corrected chi connectivity index (χ4v) is 2.39. The number of nitrogens with zero attached hydrogens (tertiary/aromatic N) is 1. The molecule has 0 atom stereocenters. The summed E-state index contributed by atoms with van der Waals surface area (Å²) in [6, 6.07) is 9.27. The monoisotopic (exact) mass is 242 g/mol. The largest absolute Gasteiger partial charge is 0.350 e. The minimum atomic E-state index is 0.0592. The van der Waals surface area contributed by atoms with Gasteiger partial charge in [0.2, 0.25) is 5.91 Å². The number of amides is 1. The van der Waals surface area contributed by atoms with E-state index < -0.39 is 0 Å². The summed E-state index contributed by atoms with van der Waals surface area (Å²) in [5.41, 5.74) is 1.64. The summed E-state index contributed by atoms with van der Waals surface area (Å²) in [6.07, 6.45) is 4.82. The molecule has 0 radical (unpaired) electrons. The van der Waals surface area contributed by atoms with E-state index in [2.05, 4.69) is 18.3 Å². The zero-order valence-corrected chi connectivity index (χ0v) is 10.7. The quantitative estimate of drug-likeness (QED) is 0.882. The number of nitrogens with one attached hydrogen (secondary N) is 1. The number of carbonyl (C=O) groups excluding carboxylic acids is 1. The topological polar surface area (TPSA) is 52.9 Å². The lowest BCUT2D eigenvalue weighted by Crippen LogP contribution is -2.53. The van der Waals surface area contributed by atoms with Gasteiger partial charge in [0.25, 0.3) is 0 Å². The van der Waals surface area contributed by atoms with Crippen molar-refractivity contribution < 1.29 is 4.79 Å². The summed E-state index contributed by atoms with van der Waals surface area (Å²) in [6.45, 7) is 2.13. The van der Waals surface area contributed by atoms with Crippen molar-refractivity contribution in [3.05, 3.63) is 35.4 Å². The molecule has 2 rings (SSSR count). The zero-order valence-electron chi connectivity index (χ0n) is 10.7. The lowest BCUT2D eigenvalue weighted by Gasteiger charge is -2.42. The number of carbonyl (C=O) groups is 1. The third kappa shape index (κ3) is 2.70. The van der Waals surface area contributed by atoms with Crippen LogP contribution in [0.4, 0.5) is 0 Å². The van der Waals surface area contributed by atoms with Gasteiger partial charge in [0.1, 0.15) is 0 Å². The summed E-state index contributed by atoms with van der Waals surface area (Å²) in [5, 5.41) is 11.9. The van der Waals surface area contributed by atoms with E-state index >= 15 is 0 Å². The van der Waals surface area contributed by atoms with Crippen molar-refractivity contribution in [2.45, 2.75) is 44.6 Å². The van der Waals surface area contributed by atoms with Crippen LogP contribution in [-0.2, 0) is 11.2 Å². The Hall–Kier alpha value is -1.82. The van der Waals surface area contributed by atoms with Crippen molar-refractivity contribution in [3.63, 3.8) is 0 Å². The lowest BCUT2D eigenvalue weighted by atomic mass is 9.75. The van der Waals surface area contributed by atoms with Gasteiger partial charge in [-0.05, 0) is 43.4 Å². The Balaban J connectivity index is 1.92. The molecular formula is C15H18N2O. The predicted molar refractivity (Wildman–Crippen MR) is 69.9 cm³/mol. The SMILES string of the molecule is CCC1(NC(=O)Cc2ccc(C#N)cc2)CCC1. The second-order valence-electron chi connectivity index (χ2n) is 5.02. The van der Waals surface area contributed by atoms with Gasteiger partial charge in [0, 0.05) is 5.54 Å². The molecule has 94 valence electrons. The highest BCUT2D eigenvalue weighted by molar-refractivity contribution is 5.79. The van der Waals surface area contributed by atoms with Gasteiger partial charge < -0.3 is 5.32 Å². The Kier molecular flexibility index (Phi) is 3.66. The minimum absolute atomic E-state index is 0.0592. The molecule has 1 aromatic rings. The number of benzene rings is 1. The molecular weight excluding hydrogens is 224 g/mol. The van der Waals surface area contributed by atoms with Crippen LogP contribution in [0, 0.1) is 11.3 Å². The molecule has 0 saturated heterocycles. The van der Waals surface area contributed by atoms with E-state index in [4.69, 9.17) is 5.26 Å². The fraction of sp³-hybridized carbons (Fsp3) is 0.467. The first-order valence-electron chi connectivity index (χ1n) is 6.47. The van der Waals surface area contributed by atoms with E-state index in [0.717, 1.165) is 24.8 Å². The smallest absolute Gasteiger partial charge is 0.224 e. The normalized spacial score (nSPS) is 16.4. The highest BCUT2D eigenvalue weighted by Crippen LogP contribution is 2.34. The summed E-state index contributed by atoms with van der Waals surface area (Å²) in [7, 11) is 0. The first kappa shape index (κ1) is 12.6. The Bertz CT molecular complexity index is 461. The number of hydrogen-bond donors (Lipinski definition) is 1. The Morgan fingerprint density at radius 2 is 2.06 bits per heavy atom. The molecule has 0 spiro atoms. The van der Waals surface area contributed by atoms with Crippen molar-refractivity contribution in [2.24, 2.45) is 0 Å². The fourth-order valence-electron chi connectivity index (χ4n) is 2.39. The predicted octanol–water partition coefficient (Wildman–Crippen LogP) is 2.55. The van der Waals surface area contributed by atoms with Crippen LogP contribution in [0.15, 0.2) is 24.3 Å². The van der Waals surface area contributed by atoms with Crippen molar-refractivity contribution >= 4 is 5.91 Å². The molecule has 3 heteroatoms. The van der Waals surface area contributed by atoms with E-state index in [0.29, 0.717) is 12.0 Å². The van der Waals surface area contributed by atoms with Crippen molar-refractivity contribution in [2.75, 3.05) is 0 Å². The van der Waals surface area contributed by atoms with Crippen LogP contribution in [0.2, 0.25) is 0 Å². The maximum Gasteiger partial charge on any atom is 0.224 e. The number of hydrogen-bond acceptors (Lipinski definition) is 2. The van der Waals surface area contributed by atoms with Gasteiger partial charge in [-0.15, -0.1) is 0 Å². The highest BCUT2D eigenvalue weighted by Gasteiger charge is 2.36. The second-order valence-corrected chi connectivity index (χ2v) is 5.02. The summed E-state index contributed by atoms with van der Waals surface area (Å²) in [5.74, 6) is 0.0845. The molecule has 0 aromatic heterocycles. The van der Waals surface area contributed by atoms with E-state index in [1.807, 2.05) is 12.1 Å². The van der Waals surface area contributed by atoms with Crippen molar-refractivity contribution in [1.82, 2.24) is 5.32 Å². The van der Waals surface area contributed by atoms with E-state index in [1.165, 1.54) is 6.42 Å². The maximum atomic E-state index is 12.0. The van der Waals surface area contributed by atoms with Crippen LogP contribution in [0.1, 0.15) is 43.7 Å². The van der Waals surface area contributed by atoms with Gasteiger partial charge in [0.05, 0.1) is 18.1 Å². The van der Waals surface area contributed by atoms with Gasteiger partial charge in [0.15, 0.2) is 0 Å². The molecule has 0 heterocycles. The summed E-state index contributed by atoms with van der Waals surface area (Å²) < 4.78 is 0. The molecule has 1 fully saturated rings. The Morgan fingerprint density at radius 1 is 1.39 bits per heavy atom. The van der Waals surface area contributed by atoms with Crippen molar-refractivity contribution in [1.29, 1.82) is 5.26 Å². The average Bonchev–Trinajstić information content (AvgIpc) is 2.35. The van der Waals surface area contributed by atoms with Gasteiger partial charge in [-0.1, -0.05) is 19.1 Å². The van der Waals surface area contributed by atoms with E-state index in [9.17, 15) is 4.79 Å². The number of rotatable bonds is 4.